The third-order valence-electron chi connectivity index (χ3n) is 4.05. The molecule has 0 spiro atoms. The third-order valence-corrected chi connectivity index (χ3v) is 4.70. The molecule has 1 aromatic carbocycles. The van der Waals surface area contributed by atoms with E-state index in [1.165, 1.54) is 12.1 Å². The largest absolute Gasteiger partial charge is 0.489 e. The number of halogens is 2. The van der Waals surface area contributed by atoms with Gasteiger partial charge in [-0.3, -0.25) is 5.10 Å². The smallest absolute Gasteiger partial charge is 0.280 e. The summed E-state index contributed by atoms with van der Waals surface area (Å²) < 4.78 is 25.3. The van der Waals surface area contributed by atoms with Gasteiger partial charge in [-0.1, -0.05) is 0 Å². The van der Waals surface area contributed by atoms with E-state index in [1.807, 2.05) is 4.90 Å². The van der Waals surface area contributed by atoms with E-state index in [9.17, 15) is 4.39 Å². The maximum Gasteiger partial charge on any atom is 0.280 e. The molecule has 25 heavy (non-hydrogen) atoms. The molecule has 1 aliphatic rings. The van der Waals surface area contributed by atoms with E-state index in [1.54, 1.807) is 18.3 Å². The second-order valence-electron chi connectivity index (χ2n) is 5.74. The molecule has 0 amide bonds. The van der Waals surface area contributed by atoms with E-state index in [0.29, 0.717) is 23.3 Å². The van der Waals surface area contributed by atoms with E-state index >= 15 is 0 Å². The SMILES string of the molecule is Fc1ccc(Br)c(OC2CCN(c3noc(-c4cc[nH]n4)n3)CC2)c1. The zero-order valence-electron chi connectivity index (χ0n) is 13.2. The molecule has 0 aliphatic carbocycles. The van der Waals surface area contributed by atoms with Crippen molar-refractivity contribution in [2.24, 2.45) is 0 Å². The molecular weight excluding hydrogens is 393 g/mol. The maximum atomic E-state index is 13.4. The number of rotatable bonds is 4. The van der Waals surface area contributed by atoms with Crippen molar-refractivity contribution in [3.05, 3.63) is 40.8 Å². The van der Waals surface area contributed by atoms with Crippen LogP contribution in [-0.2, 0) is 0 Å². The highest BCUT2D eigenvalue weighted by molar-refractivity contribution is 9.10. The van der Waals surface area contributed by atoms with Gasteiger partial charge in [0.15, 0.2) is 0 Å². The van der Waals surface area contributed by atoms with Gasteiger partial charge in [-0.05, 0) is 39.3 Å². The second kappa shape index (κ2) is 6.83. The van der Waals surface area contributed by atoms with E-state index in [4.69, 9.17) is 9.26 Å². The Bertz CT molecular complexity index is 846. The summed E-state index contributed by atoms with van der Waals surface area (Å²) in [4.78, 5) is 6.42. The summed E-state index contributed by atoms with van der Waals surface area (Å²) >= 11 is 3.38. The number of benzene rings is 1. The molecule has 0 bridgehead atoms. The Morgan fingerprint density at radius 2 is 2.12 bits per heavy atom. The minimum absolute atomic E-state index is 0.0204. The number of nitrogens with one attached hydrogen (secondary N) is 1. The first-order valence-corrected chi connectivity index (χ1v) is 8.69. The fourth-order valence-electron chi connectivity index (χ4n) is 2.75. The molecule has 0 radical (unpaired) electrons. The molecular formula is C16H15BrFN5O2. The van der Waals surface area contributed by atoms with Crippen molar-refractivity contribution < 1.29 is 13.7 Å². The highest BCUT2D eigenvalue weighted by Crippen LogP contribution is 2.29. The van der Waals surface area contributed by atoms with Gasteiger partial charge in [-0.15, -0.1) is 0 Å². The number of aromatic amines is 1. The number of piperidine rings is 1. The predicted molar refractivity (Wildman–Crippen MR) is 91.8 cm³/mol. The van der Waals surface area contributed by atoms with Crippen LogP contribution < -0.4 is 9.64 Å². The fraction of sp³-hybridized carbons (Fsp3) is 0.312. The molecule has 0 saturated carbocycles. The standard InChI is InChI=1S/C16H15BrFN5O2/c17-12-2-1-10(18)9-14(12)24-11-4-7-23(8-5-11)16-20-15(25-22-16)13-3-6-19-21-13/h1-3,6,9,11H,4-5,7-8H2,(H,19,21). The van der Waals surface area contributed by atoms with Gasteiger partial charge in [-0.25, -0.2) is 4.39 Å². The van der Waals surface area contributed by atoms with Gasteiger partial charge >= 0.3 is 0 Å². The van der Waals surface area contributed by atoms with Crippen molar-refractivity contribution in [2.75, 3.05) is 18.0 Å². The van der Waals surface area contributed by atoms with Crippen LogP contribution in [0, 0.1) is 5.82 Å². The number of nitrogens with zero attached hydrogens (tertiary/aromatic N) is 4. The Morgan fingerprint density at radius 3 is 2.88 bits per heavy atom. The van der Waals surface area contributed by atoms with Gasteiger partial charge in [-0.2, -0.15) is 10.1 Å². The molecule has 0 unspecified atom stereocenters. The lowest BCUT2D eigenvalue weighted by atomic mass is 10.1. The molecule has 1 N–H and O–H groups in total. The topological polar surface area (TPSA) is 80.1 Å². The average molecular weight is 408 g/mol. The molecule has 2 aromatic heterocycles. The Labute approximate surface area is 151 Å². The van der Waals surface area contributed by atoms with Gasteiger partial charge in [0.05, 0.1) is 4.47 Å². The number of hydrogen-bond acceptors (Lipinski definition) is 6. The van der Waals surface area contributed by atoms with Crippen LogP contribution in [0.15, 0.2) is 39.5 Å². The Morgan fingerprint density at radius 1 is 1.28 bits per heavy atom. The highest BCUT2D eigenvalue weighted by atomic mass is 79.9. The number of aromatic nitrogens is 4. The molecule has 7 nitrogen and oxygen atoms in total. The molecule has 9 heteroatoms. The van der Waals surface area contributed by atoms with Crippen LogP contribution in [-0.4, -0.2) is 39.5 Å². The van der Waals surface area contributed by atoms with Crippen molar-refractivity contribution in [3.63, 3.8) is 0 Å². The van der Waals surface area contributed by atoms with Crippen molar-refractivity contribution in [1.29, 1.82) is 0 Å². The van der Waals surface area contributed by atoms with Gasteiger partial charge < -0.3 is 14.2 Å². The van der Waals surface area contributed by atoms with Gasteiger partial charge in [0.25, 0.3) is 11.8 Å². The fourth-order valence-corrected chi connectivity index (χ4v) is 3.09. The summed E-state index contributed by atoms with van der Waals surface area (Å²) in [6.45, 7) is 1.47. The first-order valence-electron chi connectivity index (χ1n) is 7.89. The Kier molecular flexibility index (Phi) is 4.39. The molecule has 1 aliphatic heterocycles. The number of anilines is 1. The molecule has 1 saturated heterocycles. The normalized spacial score (nSPS) is 15.5. The summed E-state index contributed by atoms with van der Waals surface area (Å²) in [5.41, 5.74) is 0.618. The quantitative estimate of drug-likeness (QED) is 0.713. The summed E-state index contributed by atoms with van der Waals surface area (Å²) in [6.07, 6.45) is 3.30. The minimum Gasteiger partial charge on any atom is -0.489 e. The van der Waals surface area contributed by atoms with Crippen molar-refractivity contribution >= 4 is 21.9 Å². The molecule has 3 heterocycles. The van der Waals surface area contributed by atoms with Crippen LogP contribution in [0.3, 0.4) is 0 Å². The molecule has 0 atom stereocenters. The predicted octanol–water partition coefficient (Wildman–Crippen LogP) is 3.41. The molecule has 3 aromatic rings. The average Bonchev–Trinajstić information content (AvgIpc) is 3.30. The lowest BCUT2D eigenvalue weighted by Gasteiger charge is -2.31. The number of ether oxygens (including phenoxy) is 1. The zero-order valence-corrected chi connectivity index (χ0v) is 14.7. The van der Waals surface area contributed by atoms with Crippen molar-refractivity contribution in [1.82, 2.24) is 20.3 Å². The summed E-state index contributed by atoms with van der Waals surface area (Å²) in [7, 11) is 0. The maximum absolute atomic E-state index is 13.4. The van der Waals surface area contributed by atoms with Crippen LogP contribution in [0.25, 0.3) is 11.6 Å². The van der Waals surface area contributed by atoms with Crippen molar-refractivity contribution in [3.8, 4) is 17.3 Å². The Balaban J connectivity index is 1.38. The van der Waals surface area contributed by atoms with E-state index in [0.717, 1.165) is 30.4 Å². The third kappa shape index (κ3) is 3.51. The first kappa shape index (κ1) is 16.1. The van der Waals surface area contributed by atoms with E-state index in [2.05, 4.69) is 36.3 Å². The molecule has 130 valence electrons. The first-order chi connectivity index (χ1) is 12.2. The number of hydrogen-bond donors (Lipinski definition) is 1. The monoisotopic (exact) mass is 407 g/mol. The van der Waals surface area contributed by atoms with Crippen LogP contribution in [0.5, 0.6) is 5.75 Å². The van der Waals surface area contributed by atoms with Crippen LogP contribution >= 0.6 is 15.9 Å². The second-order valence-corrected chi connectivity index (χ2v) is 6.59. The van der Waals surface area contributed by atoms with Crippen LogP contribution in [0.4, 0.5) is 10.3 Å². The van der Waals surface area contributed by atoms with Crippen LogP contribution in [0.1, 0.15) is 12.8 Å². The van der Waals surface area contributed by atoms with Crippen LogP contribution in [0.2, 0.25) is 0 Å². The zero-order chi connectivity index (χ0) is 17.2. The highest BCUT2D eigenvalue weighted by Gasteiger charge is 2.25. The van der Waals surface area contributed by atoms with Gasteiger partial charge in [0.1, 0.15) is 23.4 Å². The van der Waals surface area contributed by atoms with Crippen molar-refractivity contribution in [2.45, 2.75) is 18.9 Å². The van der Waals surface area contributed by atoms with Gasteiger partial charge in [0.2, 0.25) is 0 Å². The summed E-state index contributed by atoms with van der Waals surface area (Å²) in [5, 5.41) is 10.8. The molecule has 4 rings (SSSR count). The van der Waals surface area contributed by atoms with E-state index in [-0.39, 0.29) is 11.9 Å². The number of H-pyrrole nitrogens is 1. The van der Waals surface area contributed by atoms with E-state index < -0.39 is 0 Å². The summed E-state index contributed by atoms with van der Waals surface area (Å²) in [6, 6.07) is 6.21. The lowest BCUT2D eigenvalue weighted by Crippen LogP contribution is -2.38. The minimum atomic E-state index is -0.312. The van der Waals surface area contributed by atoms with Gasteiger partial charge in [0, 0.05) is 38.2 Å². The molecule has 1 fully saturated rings. The summed E-state index contributed by atoms with van der Waals surface area (Å²) in [5.74, 6) is 1.15. The Hall–Kier alpha value is -2.42. The lowest BCUT2D eigenvalue weighted by molar-refractivity contribution is 0.168.